The largest absolute Gasteiger partial charge is 0.294 e. The number of hydrogen-bond donors (Lipinski definition) is 0. The summed E-state index contributed by atoms with van der Waals surface area (Å²) in [6, 6.07) is 18.7. The summed E-state index contributed by atoms with van der Waals surface area (Å²) in [6.45, 7) is 4.33. The molecule has 0 aliphatic carbocycles. The zero-order valence-corrected chi connectivity index (χ0v) is 14.0. The van der Waals surface area contributed by atoms with Crippen LogP contribution in [0, 0.1) is 5.92 Å². The van der Waals surface area contributed by atoms with Crippen molar-refractivity contribution in [3.05, 3.63) is 60.2 Å². The number of Topliss-reactive ketones (excluding diaryl/α,β-unsaturated/α-hetero) is 1. The predicted molar refractivity (Wildman–Crippen MR) is 99.1 cm³/mol. The van der Waals surface area contributed by atoms with Gasteiger partial charge >= 0.3 is 0 Å². The lowest BCUT2D eigenvalue weighted by Crippen LogP contribution is -2.15. The Kier molecular flexibility index (Phi) is 4.76. The molecule has 0 heterocycles. The monoisotopic (exact) mass is 304 g/mol. The fourth-order valence-corrected chi connectivity index (χ4v) is 3.59. The van der Waals surface area contributed by atoms with Gasteiger partial charge in [-0.15, -0.1) is 0 Å². The van der Waals surface area contributed by atoms with Gasteiger partial charge in [0.15, 0.2) is 5.78 Å². The van der Waals surface area contributed by atoms with Crippen molar-refractivity contribution in [1.82, 2.24) is 0 Å². The molecule has 0 spiro atoms. The van der Waals surface area contributed by atoms with E-state index in [1.54, 1.807) is 0 Å². The molecule has 1 nitrogen and oxygen atoms in total. The molecule has 0 saturated carbocycles. The van der Waals surface area contributed by atoms with Crippen molar-refractivity contribution in [1.29, 1.82) is 0 Å². The zero-order valence-electron chi connectivity index (χ0n) is 14.0. The summed E-state index contributed by atoms with van der Waals surface area (Å²) in [5, 5.41) is 4.49. The van der Waals surface area contributed by atoms with E-state index in [0.717, 1.165) is 52.8 Å². The summed E-state index contributed by atoms with van der Waals surface area (Å²) >= 11 is 0. The standard InChI is InChI=1S/C22H24O/c1-3-9-16(10-4-2)22(23)21-19-13-7-5-11-17(19)15-18-12-6-8-14-20(18)21/h5-8,11-16H,3-4,9-10H2,1-2H3. The molecule has 0 amide bonds. The van der Waals surface area contributed by atoms with E-state index in [2.05, 4.69) is 44.2 Å². The summed E-state index contributed by atoms with van der Waals surface area (Å²) in [5.74, 6) is 0.459. The van der Waals surface area contributed by atoms with Crippen LogP contribution in [0.3, 0.4) is 0 Å². The first-order valence-electron chi connectivity index (χ1n) is 8.71. The number of benzene rings is 3. The van der Waals surface area contributed by atoms with Crippen molar-refractivity contribution >= 4 is 27.3 Å². The van der Waals surface area contributed by atoms with Crippen molar-refractivity contribution in [3.63, 3.8) is 0 Å². The number of ketones is 1. The lowest BCUT2D eigenvalue weighted by molar-refractivity contribution is 0.0908. The third kappa shape index (κ3) is 3.01. The SMILES string of the molecule is CCCC(CCC)C(=O)c1c2ccccc2cc2ccccc12. The second kappa shape index (κ2) is 6.95. The van der Waals surface area contributed by atoms with E-state index in [1.807, 2.05) is 24.3 Å². The molecule has 0 aliphatic rings. The van der Waals surface area contributed by atoms with Gasteiger partial charge < -0.3 is 0 Å². The maximum Gasteiger partial charge on any atom is 0.167 e. The van der Waals surface area contributed by atoms with E-state index in [1.165, 1.54) is 0 Å². The van der Waals surface area contributed by atoms with Crippen LogP contribution in [0.5, 0.6) is 0 Å². The fourth-order valence-electron chi connectivity index (χ4n) is 3.59. The number of carbonyl (C=O) groups is 1. The van der Waals surface area contributed by atoms with Crippen LogP contribution in [0.4, 0.5) is 0 Å². The number of carbonyl (C=O) groups excluding carboxylic acids is 1. The minimum atomic E-state index is 0.138. The van der Waals surface area contributed by atoms with Crippen LogP contribution in [0.15, 0.2) is 54.6 Å². The highest BCUT2D eigenvalue weighted by atomic mass is 16.1. The average Bonchev–Trinajstić information content (AvgIpc) is 2.59. The smallest absolute Gasteiger partial charge is 0.167 e. The fraction of sp³-hybridized carbons (Fsp3) is 0.318. The molecule has 0 unspecified atom stereocenters. The summed E-state index contributed by atoms with van der Waals surface area (Å²) in [6.07, 6.45) is 4.06. The van der Waals surface area contributed by atoms with E-state index in [-0.39, 0.29) is 5.92 Å². The van der Waals surface area contributed by atoms with Gasteiger partial charge in [0, 0.05) is 11.5 Å². The molecule has 23 heavy (non-hydrogen) atoms. The number of hydrogen-bond acceptors (Lipinski definition) is 1. The van der Waals surface area contributed by atoms with Crippen LogP contribution in [0.2, 0.25) is 0 Å². The predicted octanol–water partition coefficient (Wildman–Crippen LogP) is 6.39. The Morgan fingerprint density at radius 3 is 1.78 bits per heavy atom. The molecule has 0 N–H and O–H groups in total. The Morgan fingerprint density at radius 2 is 1.30 bits per heavy atom. The first-order valence-corrected chi connectivity index (χ1v) is 8.71. The van der Waals surface area contributed by atoms with Crippen molar-refractivity contribution in [2.45, 2.75) is 39.5 Å². The van der Waals surface area contributed by atoms with Crippen LogP contribution in [0.25, 0.3) is 21.5 Å². The maximum absolute atomic E-state index is 13.4. The molecule has 118 valence electrons. The van der Waals surface area contributed by atoms with Crippen molar-refractivity contribution in [2.75, 3.05) is 0 Å². The van der Waals surface area contributed by atoms with Gasteiger partial charge in [0.2, 0.25) is 0 Å². The van der Waals surface area contributed by atoms with Crippen molar-refractivity contribution in [2.24, 2.45) is 5.92 Å². The van der Waals surface area contributed by atoms with Gasteiger partial charge in [-0.05, 0) is 40.5 Å². The summed E-state index contributed by atoms with van der Waals surface area (Å²) in [7, 11) is 0. The number of fused-ring (bicyclic) bond motifs is 2. The molecule has 3 aromatic rings. The van der Waals surface area contributed by atoms with Crippen LogP contribution >= 0.6 is 0 Å². The molecule has 0 bridgehead atoms. The van der Waals surface area contributed by atoms with Gasteiger partial charge in [0.05, 0.1) is 0 Å². The summed E-state index contributed by atoms with van der Waals surface area (Å²) < 4.78 is 0. The first kappa shape index (κ1) is 15.7. The minimum Gasteiger partial charge on any atom is -0.294 e. The van der Waals surface area contributed by atoms with Crippen molar-refractivity contribution < 1.29 is 4.79 Å². The molecule has 0 saturated heterocycles. The summed E-state index contributed by atoms with van der Waals surface area (Å²) in [5.41, 5.74) is 0.922. The molecule has 0 atom stereocenters. The topological polar surface area (TPSA) is 17.1 Å². The van der Waals surface area contributed by atoms with Gasteiger partial charge in [0.25, 0.3) is 0 Å². The maximum atomic E-state index is 13.4. The molecule has 0 fully saturated rings. The molecule has 3 rings (SSSR count). The van der Waals surface area contributed by atoms with Gasteiger partial charge in [-0.3, -0.25) is 4.79 Å². The highest BCUT2D eigenvalue weighted by Gasteiger charge is 2.22. The second-order valence-electron chi connectivity index (χ2n) is 6.33. The van der Waals surface area contributed by atoms with Crippen molar-refractivity contribution in [3.8, 4) is 0 Å². The molecule has 0 aliphatic heterocycles. The summed E-state index contributed by atoms with van der Waals surface area (Å²) in [4.78, 5) is 13.4. The average molecular weight is 304 g/mol. The van der Waals surface area contributed by atoms with Crippen LogP contribution in [-0.2, 0) is 0 Å². The third-order valence-electron chi connectivity index (χ3n) is 4.66. The van der Waals surface area contributed by atoms with E-state index in [0.29, 0.717) is 5.78 Å². The molecule has 3 aromatic carbocycles. The normalized spacial score (nSPS) is 11.4. The second-order valence-corrected chi connectivity index (χ2v) is 6.33. The van der Waals surface area contributed by atoms with E-state index in [9.17, 15) is 4.79 Å². The van der Waals surface area contributed by atoms with Gasteiger partial charge in [0.1, 0.15) is 0 Å². The lowest BCUT2D eigenvalue weighted by Gasteiger charge is -2.17. The minimum absolute atomic E-state index is 0.138. The van der Waals surface area contributed by atoms with E-state index < -0.39 is 0 Å². The molecule has 1 heteroatoms. The van der Waals surface area contributed by atoms with Crippen LogP contribution in [0.1, 0.15) is 49.9 Å². The van der Waals surface area contributed by atoms with Crippen LogP contribution < -0.4 is 0 Å². The highest BCUT2D eigenvalue weighted by molar-refractivity contribution is 6.19. The van der Waals surface area contributed by atoms with Gasteiger partial charge in [-0.2, -0.15) is 0 Å². The highest BCUT2D eigenvalue weighted by Crippen LogP contribution is 2.32. The van der Waals surface area contributed by atoms with E-state index in [4.69, 9.17) is 0 Å². The van der Waals surface area contributed by atoms with Gasteiger partial charge in [-0.25, -0.2) is 0 Å². The lowest BCUT2D eigenvalue weighted by atomic mass is 9.85. The van der Waals surface area contributed by atoms with Gasteiger partial charge in [-0.1, -0.05) is 75.2 Å². The third-order valence-corrected chi connectivity index (χ3v) is 4.66. The Balaban J connectivity index is 2.25. The van der Waals surface area contributed by atoms with E-state index >= 15 is 0 Å². The Morgan fingerprint density at radius 1 is 0.826 bits per heavy atom. The molecular formula is C22H24O. The first-order chi connectivity index (χ1) is 11.3. The zero-order chi connectivity index (χ0) is 16.2. The van der Waals surface area contributed by atoms with Crippen LogP contribution in [-0.4, -0.2) is 5.78 Å². The Bertz CT molecular complexity index is 772. The Hall–Kier alpha value is -2.15. The number of rotatable bonds is 6. The molecular weight excluding hydrogens is 280 g/mol. The Labute approximate surface area is 138 Å². The molecule has 0 radical (unpaired) electrons. The molecule has 0 aromatic heterocycles. The quantitative estimate of drug-likeness (QED) is 0.381.